The van der Waals surface area contributed by atoms with Gasteiger partial charge in [-0.2, -0.15) is 9.78 Å². The minimum atomic E-state index is -0.380. The van der Waals surface area contributed by atoms with Crippen LogP contribution >= 0.6 is 27.5 Å². The smallest absolute Gasteiger partial charge is 0.282 e. The van der Waals surface area contributed by atoms with Gasteiger partial charge >= 0.3 is 0 Å². The topological polar surface area (TPSA) is 65.7 Å². The molecule has 190 valence electrons. The van der Waals surface area contributed by atoms with Crippen LogP contribution in [0.25, 0.3) is 22.3 Å². The Labute approximate surface area is 231 Å². The molecule has 4 aromatic carbocycles. The summed E-state index contributed by atoms with van der Waals surface area (Å²) in [5.41, 5.74) is 1.90. The van der Waals surface area contributed by atoms with Crippen molar-refractivity contribution in [1.29, 1.82) is 0 Å². The highest BCUT2D eigenvalue weighted by Gasteiger charge is 2.18. The first-order valence-corrected chi connectivity index (χ1v) is 12.7. The molecule has 5 aromatic rings. The number of aromatic nitrogens is 2. The number of para-hydroxylation sites is 1. The molecule has 0 spiro atoms. The lowest BCUT2D eigenvalue weighted by molar-refractivity contribution is 0.279. The number of benzene rings is 4. The molecule has 0 fully saturated rings. The summed E-state index contributed by atoms with van der Waals surface area (Å²) in [6.07, 6.45) is 1.49. The Hall–Kier alpha value is -4.01. The average Bonchev–Trinajstić information content (AvgIpc) is 2.95. The van der Waals surface area contributed by atoms with Gasteiger partial charge in [-0.3, -0.25) is 4.79 Å². The molecule has 0 amide bonds. The van der Waals surface area contributed by atoms with Crippen molar-refractivity contribution in [3.8, 4) is 22.9 Å². The minimum Gasteiger partial charge on any atom is -0.493 e. The Balaban J connectivity index is 1.56. The second-order valence-electron chi connectivity index (χ2n) is 8.19. The van der Waals surface area contributed by atoms with E-state index in [0.717, 1.165) is 5.56 Å². The van der Waals surface area contributed by atoms with Gasteiger partial charge in [0.1, 0.15) is 17.4 Å². The van der Waals surface area contributed by atoms with Gasteiger partial charge in [-0.25, -0.2) is 9.37 Å². The number of hydrogen-bond donors (Lipinski definition) is 0. The molecule has 0 bridgehead atoms. The molecular formula is C29H20BrClFN3O3. The summed E-state index contributed by atoms with van der Waals surface area (Å²) in [5.74, 6) is 0.581. The molecule has 1 aromatic heterocycles. The van der Waals surface area contributed by atoms with E-state index in [-0.39, 0.29) is 28.8 Å². The van der Waals surface area contributed by atoms with Crippen LogP contribution in [-0.4, -0.2) is 23.0 Å². The summed E-state index contributed by atoms with van der Waals surface area (Å²) in [5, 5.41) is 5.15. The third kappa shape index (κ3) is 5.05. The van der Waals surface area contributed by atoms with E-state index in [1.54, 1.807) is 42.5 Å². The summed E-state index contributed by atoms with van der Waals surface area (Å²) in [4.78, 5) is 18.1. The van der Waals surface area contributed by atoms with Crippen molar-refractivity contribution in [2.45, 2.75) is 6.61 Å². The van der Waals surface area contributed by atoms with Crippen LogP contribution in [0, 0.1) is 5.82 Å². The predicted molar refractivity (Wildman–Crippen MR) is 151 cm³/mol. The van der Waals surface area contributed by atoms with Crippen molar-refractivity contribution < 1.29 is 13.9 Å². The first kappa shape index (κ1) is 25.6. The average molecular weight is 593 g/mol. The Morgan fingerprint density at radius 2 is 1.76 bits per heavy atom. The maximum atomic E-state index is 14.1. The third-order valence-electron chi connectivity index (χ3n) is 5.80. The first-order valence-electron chi connectivity index (χ1n) is 11.5. The number of ether oxygens (including phenoxy) is 2. The second-order valence-corrected chi connectivity index (χ2v) is 9.36. The molecule has 0 aliphatic carbocycles. The van der Waals surface area contributed by atoms with Gasteiger partial charge in [0.25, 0.3) is 5.56 Å². The lowest BCUT2D eigenvalue weighted by atomic mass is 10.2. The second kappa shape index (κ2) is 11.2. The number of nitrogens with zero attached hydrogens (tertiary/aromatic N) is 3. The van der Waals surface area contributed by atoms with Gasteiger partial charge in [0, 0.05) is 21.2 Å². The summed E-state index contributed by atoms with van der Waals surface area (Å²) in [6, 6.07) is 24.4. The quantitative estimate of drug-likeness (QED) is 0.189. The van der Waals surface area contributed by atoms with E-state index >= 15 is 0 Å². The SMILES string of the molecule is COc1cc(C=Nn2c(-c3ccccc3)nc3ccccc3c2=O)c(Br)c(Cl)c1OCc1ccccc1F. The van der Waals surface area contributed by atoms with Gasteiger partial charge in [-0.15, -0.1) is 0 Å². The summed E-state index contributed by atoms with van der Waals surface area (Å²) in [7, 11) is 1.47. The standard InChI is InChI=1S/C29H20BrClFN3O3/c1-37-24-15-20(25(30)26(31)27(24)38-17-19-11-5-7-13-22(19)32)16-33-35-28(18-9-3-2-4-10-18)34-23-14-8-6-12-21(23)29(35)36/h2-16H,17H2,1H3. The van der Waals surface area contributed by atoms with E-state index < -0.39 is 0 Å². The van der Waals surface area contributed by atoms with E-state index in [4.69, 9.17) is 26.1 Å². The third-order valence-corrected chi connectivity index (χ3v) is 7.25. The minimum absolute atomic E-state index is 0.0405. The molecule has 38 heavy (non-hydrogen) atoms. The van der Waals surface area contributed by atoms with Crippen molar-refractivity contribution in [3.63, 3.8) is 0 Å². The van der Waals surface area contributed by atoms with Gasteiger partial charge in [0.15, 0.2) is 17.3 Å². The Bertz CT molecular complexity index is 1720. The van der Waals surface area contributed by atoms with Gasteiger partial charge in [0.2, 0.25) is 0 Å². The maximum Gasteiger partial charge on any atom is 0.282 e. The van der Waals surface area contributed by atoms with E-state index in [1.807, 2.05) is 36.4 Å². The summed E-state index contributed by atoms with van der Waals surface area (Å²) >= 11 is 10.1. The fourth-order valence-corrected chi connectivity index (χ4v) is 4.53. The van der Waals surface area contributed by atoms with Gasteiger partial charge in [-0.1, -0.05) is 72.3 Å². The number of halogens is 3. The molecular weight excluding hydrogens is 573 g/mol. The summed E-state index contributed by atoms with van der Waals surface area (Å²) < 4.78 is 27.1. The lowest BCUT2D eigenvalue weighted by Crippen LogP contribution is -2.20. The van der Waals surface area contributed by atoms with Crippen LogP contribution in [0.2, 0.25) is 5.02 Å². The van der Waals surface area contributed by atoms with E-state index in [9.17, 15) is 9.18 Å². The van der Waals surface area contributed by atoms with Crippen LogP contribution in [0.4, 0.5) is 4.39 Å². The maximum absolute atomic E-state index is 14.1. The molecule has 1 heterocycles. The molecule has 5 rings (SSSR count). The Kier molecular flexibility index (Phi) is 7.53. The normalized spacial score (nSPS) is 11.3. The van der Waals surface area contributed by atoms with Crippen molar-refractivity contribution >= 4 is 44.6 Å². The van der Waals surface area contributed by atoms with Gasteiger partial charge < -0.3 is 9.47 Å². The number of hydrogen-bond acceptors (Lipinski definition) is 5. The van der Waals surface area contributed by atoms with Crippen LogP contribution in [0.3, 0.4) is 0 Å². The van der Waals surface area contributed by atoms with Crippen molar-refractivity contribution in [1.82, 2.24) is 9.66 Å². The zero-order valence-electron chi connectivity index (χ0n) is 20.1. The predicted octanol–water partition coefficient (Wildman–Crippen LogP) is 7.09. The molecule has 0 saturated carbocycles. The van der Waals surface area contributed by atoms with Crippen LogP contribution < -0.4 is 15.0 Å². The summed E-state index contributed by atoms with van der Waals surface area (Å²) in [6.45, 7) is -0.0405. The van der Waals surface area contributed by atoms with Crippen LogP contribution in [0.1, 0.15) is 11.1 Å². The molecule has 0 N–H and O–H groups in total. The van der Waals surface area contributed by atoms with Crippen molar-refractivity contribution in [3.05, 3.63) is 122 Å². The fraction of sp³-hybridized carbons (Fsp3) is 0.0690. The van der Waals surface area contributed by atoms with Crippen LogP contribution in [-0.2, 0) is 6.61 Å². The molecule has 0 aliphatic heterocycles. The number of rotatable bonds is 7. The van der Waals surface area contributed by atoms with E-state index in [1.165, 1.54) is 24.1 Å². The Morgan fingerprint density at radius 1 is 1.05 bits per heavy atom. The highest BCUT2D eigenvalue weighted by molar-refractivity contribution is 9.10. The molecule has 0 saturated heterocycles. The van der Waals surface area contributed by atoms with Gasteiger partial charge in [0.05, 0.1) is 24.2 Å². The largest absolute Gasteiger partial charge is 0.493 e. The highest BCUT2D eigenvalue weighted by Crippen LogP contribution is 2.42. The monoisotopic (exact) mass is 591 g/mol. The Morgan fingerprint density at radius 3 is 2.53 bits per heavy atom. The first-order chi connectivity index (χ1) is 18.5. The molecule has 0 radical (unpaired) electrons. The molecule has 0 atom stereocenters. The molecule has 9 heteroatoms. The zero-order valence-corrected chi connectivity index (χ0v) is 22.4. The number of fused-ring (bicyclic) bond motifs is 1. The lowest BCUT2D eigenvalue weighted by Gasteiger charge is -2.15. The van der Waals surface area contributed by atoms with Crippen LogP contribution in [0.5, 0.6) is 11.5 Å². The number of methoxy groups -OCH3 is 1. The van der Waals surface area contributed by atoms with Gasteiger partial charge in [-0.05, 0) is 40.2 Å². The zero-order chi connectivity index (χ0) is 26.6. The highest BCUT2D eigenvalue weighted by atomic mass is 79.9. The fourth-order valence-electron chi connectivity index (χ4n) is 3.87. The van der Waals surface area contributed by atoms with E-state index in [0.29, 0.717) is 38.1 Å². The molecule has 0 aliphatic rings. The van der Waals surface area contributed by atoms with Crippen molar-refractivity contribution in [2.24, 2.45) is 5.10 Å². The van der Waals surface area contributed by atoms with E-state index in [2.05, 4.69) is 21.0 Å². The van der Waals surface area contributed by atoms with Crippen LogP contribution in [0.15, 0.2) is 99.3 Å². The molecule has 6 nitrogen and oxygen atoms in total. The van der Waals surface area contributed by atoms with Crippen molar-refractivity contribution in [2.75, 3.05) is 7.11 Å². The molecule has 0 unspecified atom stereocenters.